The number of rotatable bonds is 4. The number of halogens is 1. The van der Waals surface area contributed by atoms with Gasteiger partial charge in [-0.05, 0) is 41.8 Å². The molecule has 8 heteroatoms. The van der Waals surface area contributed by atoms with Gasteiger partial charge in [-0.25, -0.2) is 0 Å². The second-order valence-corrected chi connectivity index (χ2v) is 9.49. The van der Waals surface area contributed by atoms with Crippen molar-refractivity contribution in [2.24, 2.45) is 5.73 Å². The molecule has 2 aromatic heterocycles. The molecule has 2 amide bonds. The minimum atomic E-state index is -0.658. The number of carbonyl (C=O) groups is 2. The minimum Gasteiger partial charge on any atom is -0.368 e. The molecule has 3 heterocycles. The number of fused-ring (bicyclic) bond motifs is 2. The zero-order chi connectivity index (χ0) is 22.4. The first-order valence-corrected chi connectivity index (χ1v) is 11.5. The maximum Gasteiger partial charge on any atom is 0.265 e. The third kappa shape index (κ3) is 3.67. The highest BCUT2D eigenvalue weighted by Gasteiger charge is 2.34. The fourth-order valence-electron chi connectivity index (χ4n) is 4.22. The van der Waals surface area contributed by atoms with Gasteiger partial charge in [0.05, 0.1) is 17.1 Å². The number of carbonyl (C=O) groups excluding carboxylic acids is 2. The predicted molar refractivity (Wildman–Crippen MR) is 126 cm³/mol. The summed E-state index contributed by atoms with van der Waals surface area (Å²) in [6.45, 7) is 2.88. The van der Waals surface area contributed by atoms with Crippen LogP contribution in [0.1, 0.15) is 32.1 Å². The predicted octanol–water partition coefficient (Wildman–Crippen LogP) is 4.16. The van der Waals surface area contributed by atoms with Gasteiger partial charge in [0.2, 0.25) is 5.91 Å². The zero-order valence-corrected chi connectivity index (χ0v) is 19.0. The number of benzene rings is 2. The Bertz CT molecular complexity index is 1340. The van der Waals surface area contributed by atoms with Crippen LogP contribution in [0.25, 0.3) is 10.2 Å². The molecular weight excluding hydrogens is 444 g/mol. The second kappa shape index (κ2) is 8.07. The molecule has 4 aromatic rings. The van der Waals surface area contributed by atoms with Gasteiger partial charge < -0.3 is 10.6 Å². The van der Waals surface area contributed by atoms with E-state index in [1.54, 1.807) is 4.90 Å². The number of amides is 2. The van der Waals surface area contributed by atoms with Crippen LogP contribution >= 0.6 is 22.9 Å². The monoisotopic (exact) mass is 464 g/mol. The molecule has 0 spiro atoms. The number of primary amides is 1. The number of hydrogen-bond donors (Lipinski definition) is 1. The van der Waals surface area contributed by atoms with Crippen LogP contribution in [-0.4, -0.2) is 32.5 Å². The molecule has 162 valence electrons. The van der Waals surface area contributed by atoms with Gasteiger partial charge in [-0.1, -0.05) is 48.0 Å². The third-order valence-electron chi connectivity index (χ3n) is 5.90. The van der Waals surface area contributed by atoms with E-state index < -0.39 is 11.9 Å². The van der Waals surface area contributed by atoms with Crippen molar-refractivity contribution in [2.75, 3.05) is 0 Å². The van der Waals surface area contributed by atoms with E-state index in [0.29, 0.717) is 29.4 Å². The van der Waals surface area contributed by atoms with Crippen molar-refractivity contribution >= 4 is 45.0 Å². The van der Waals surface area contributed by atoms with Crippen molar-refractivity contribution in [3.8, 4) is 0 Å². The molecular formula is C24H21ClN4O2S. The van der Waals surface area contributed by atoms with Crippen LogP contribution in [0.3, 0.4) is 0 Å². The Kier molecular flexibility index (Phi) is 5.23. The molecule has 1 aliphatic rings. The van der Waals surface area contributed by atoms with E-state index in [0.717, 1.165) is 32.6 Å². The normalized spacial score (nSPS) is 15.7. The summed E-state index contributed by atoms with van der Waals surface area (Å²) in [7, 11) is 0. The smallest absolute Gasteiger partial charge is 0.265 e. The number of nitrogens with two attached hydrogens (primary N) is 1. The lowest BCUT2D eigenvalue weighted by molar-refractivity contribution is -0.122. The van der Waals surface area contributed by atoms with Crippen molar-refractivity contribution in [2.45, 2.75) is 32.5 Å². The van der Waals surface area contributed by atoms with Gasteiger partial charge in [-0.15, -0.1) is 11.3 Å². The van der Waals surface area contributed by atoms with Gasteiger partial charge in [0.1, 0.15) is 10.9 Å². The third-order valence-corrected chi connectivity index (χ3v) is 7.29. The lowest BCUT2D eigenvalue weighted by Gasteiger charge is -2.34. The average Bonchev–Trinajstić information content (AvgIpc) is 3.35. The van der Waals surface area contributed by atoms with Crippen LogP contribution < -0.4 is 5.73 Å². The summed E-state index contributed by atoms with van der Waals surface area (Å²) in [4.78, 5) is 28.8. The van der Waals surface area contributed by atoms with Crippen LogP contribution in [-0.2, 0) is 24.3 Å². The number of aryl methyl sites for hydroxylation is 1. The highest BCUT2D eigenvalue weighted by Crippen LogP contribution is 2.32. The first-order valence-electron chi connectivity index (χ1n) is 10.3. The standard InChI is InChI=1S/C24H21ClN4O2S/c1-14-19-11-21(32-24(19)29(27-14)12-15-6-8-18(25)9-7-15)23(31)28-13-17-5-3-2-4-16(17)10-20(28)22(26)30/h2-9,11,20H,10,12-13H2,1H3,(H2,26,30)/t20-/m0/s1. The van der Waals surface area contributed by atoms with E-state index in [9.17, 15) is 9.59 Å². The van der Waals surface area contributed by atoms with E-state index in [1.807, 2.05) is 66.2 Å². The van der Waals surface area contributed by atoms with Crippen molar-refractivity contribution in [3.05, 3.63) is 86.9 Å². The molecule has 0 radical (unpaired) electrons. The topological polar surface area (TPSA) is 81.2 Å². The van der Waals surface area contributed by atoms with E-state index in [-0.39, 0.29) is 5.91 Å². The summed E-state index contributed by atoms with van der Waals surface area (Å²) in [6, 6.07) is 16.7. The molecule has 1 atom stereocenters. The molecule has 6 nitrogen and oxygen atoms in total. The summed E-state index contributed by atoms with van der Waals surface area (Å²) in [5, 5.41) is 6.28. The molecule has 0 saturated carbocycles. The van der Waals surface area contributed by atoms with Crippen molar-refractivity contribution in [3.63, 3.8) is 0 Å². The van der Waals surface area contributed by atoms with E-state index in [2.05, 4.69) is 5.10 Å². The van der Waals surface area contributed by atoms with Crippen LogP contribution in [0.15, 0.2) is 54.6 Å². The SMILES string of the molecule is Cc1nn(Cc2ccc(Cl)cc2)c2sc(C(=O)N3Cc4ccccc4C[C@H]3C(N)=O)cc12. The Hall–Kier alpha value is -3.16. The zero-order valence-electron chi connectivity index (χ0n) is 17.4. The average molecular weight is 465 g/mol. The molecule has 2 N–H and O–H groups in total. The van der Waals surface area contributed by atoms with Crippen molar-refractivity contribution in [1.29, 1.82) is 0 Å². The highest BCUT2D eigenvalue weighted by atomic mass is 35.5. The number of nitrogens with zero attached hydrogens (tertiary/aromatic N) is 3. The molecule has 0 unspecified atom stereocenters. The van der Waals surface area contributed by atoms with E-state index in [4.69, 9.17) is 17.3 Å². The van der Waals surface area contributed by atoms with Gasteiger partial charge in [0.25, 0.3) is 5.91 Å². The fourth-order valence-corrected chi connectivity index (χ4v) is 5.46. The Labute approximate surface area is 194 Å². The molecule has 5 rings (SSSR count). The highest BCUT2D eigenvalue weighted by molar-refractivity contribution is 7.20. The largest absolute Gasteiger partial charge is 0.368 e. The molecule has 0 fully saturated rings. The Morgan fingerprint density at radius 2 is 1.88 bits per heavy atom. The Balaban J connectivity index is 1.48. The molecule has 32 heavy (non-hydrogen) atoms. The first-order chi connectivity index (χ1) is 15.4. The summed E-state index contributed by atoms with van der Waals surface area (Å²) >= 11 is 7.39. The molecule has 1 aliphatic heterocycles. The van der Waals surface area contributed by atoms with Crippen molar-refractivity contribution < 1.29 is 9.59 Å². The molecule has 2 aromatic carbocycles. The van der Waals surface area contributed by atoms with E-state index in [1.165, 1.54) is 11.3 Å². The lowest BCUT2D eigenvalue weighted by Crippen LogP contribution is -2.51. The Morgan fingerprint density at radius 1 is 1.16 bits per heavy atom. The minimum absolute atomic E-state index is 0.179. The lowest BCUT2D eigenvalue weighted by atomic mass is 9.93. The summed E-state index contributed by atoms with van der Waals surface area (Å²) in [6.07, 6.45) is 0.436. The van der Waals surface area contributed by atoms with Crippen LogP contribution in [0.5, 0.6) is 0 Å². The van der Waals surface area contributed by atoms with Gasteiger partial charge in [-0.3, -0.25) is 14.3 Å². The molecule has 0 saturated heterocycles. The Morgan fingerprint density at radius 3 is 2.59 bits per heavy atom. The summed E-state index contributed by atoms with van der Waals surface area (Å²) in [5.74, 6) is -0.666. The van der Waals surface area contributed by atoms with Crippen LogP contribution in [0.2, 0.25) is 5.02 Å². The quantitative estimate of drug-likeness (QED) is 0.492. The summed E-state index contributed by atoms with van der Waals surface area (Å²) in [5.41, 5.74) is 9.72. The number of hydrogen-bond acceptors (Lipinski definition) is 4. The van der Waals surface area contributed by atoms with E-state index >= 15 is 0 Å². The van der Waals surface area contributed by atoms with Gasteiger partial charge in [0.15, 0.2) is 0 Å². The van der Waals surface area contributed by atoms with Gasteiger partial charge >= 0.3 is 0 Å². The van der Waals surface area contributed by atoms with Crippen LogP contribution in [0.4, 0.5) is 0 Å². The second-order valence-electron chi connectivity index (χ2n) is 8.02. The van der Waals surface area contributed by atoms with Gasteiger partial charge in [-0.2, -0.15) is 5.10 Å². The maximum absolute atomic E-state index is 13.5. The summed E-state index contributed by atoms with van der Waals surface area (Å²) < 4.78 is 1.91. The number of aromatic nitrogens is 2. The first kappa shape index (κ1) is 20.7. The molecule has 0 aliphatic carbocycles. The van der Waals surface area contributed by atoms with Gasteiger partial charge in [0, 0.05) is 23.4 Å². The maximum atomic E-state index is 13.5. The fraction of sp³-hybridized carbons (Fsp3) is 0.208. The molecule has 0 bridgehead atoms. The van der Waals surface area contributed by atoms with Crippen LogP contribution in [0, 0.1) is 6.92 Å². The number of thiophene rings is 1. The van der Waals surface area contributed by atoms with Crippen molar-refractivity contribution in [1.82, 2.24) is 14.7 Å².